The number of hydrogen-bond acceptors (Lipinski definition) is 1. The molecule has 0 spiro atoms. The molecule has 104 valence electrons. The summed E-state index contributed by atoms with van der Waals surface area (Å²) in [6.07, 6.45) is 0. The van der Waals surface area contributed by atoms with Crippen LogP contribution in [0.2, 0.25) is 0 Å². The van der Waals surface area contributed by atoms with Gasteiger partial charge in [-0.3, -0.25) is 4.79 Å². The largest absolute Gasteiger partial charge is 0.321 e. The van der Waals surface area contributed by atoms with Gasteiger partial charge in [0, 0.05) is 11.3 Å². The Balaban J connectivity index is 2.33. The van der Waals surface area contributed by atoms with Crippen molar-refractivity contribution in [3.8, 4) is 0 Å². The molecule has 0 saturated heterocycles. The highest BCUT2D eigenvalue weighted by molar-refractivity contribution is 6.05. The molecule has 0 fully saturated rings. The van der Waals surface area contributed by atoms with Gasteiger partial charge >= 0.3 is 0 Å². The third-order valence-corrected chi connectivity index (χ3v) is 3.25. The summed E-state index contributed by atoms with van der Waals surface area (Å²) < 4.78 is 13.2. The number of rotatable bonds is 3. The van der Waals surface area contributed by atoms with E-state index in [-0.39, 0.29) is 5.91 Å². The summed E-state index contributed by atoms with van der Waals surface area (Å²) in [6, 6.07) is 11.6. The number of carbonyl (C=O) groups is 1. The second kappa shape index (κ2) is 5.87. The van der Waals surface area contributed by atoms with Crippen molar-refractivity contribution < 1.29 is 9.18 Å². The first-order chi connectivity index (χ1) is 9.49. The molecule has 0 aliphatic carbocycles. The molecular formula is C17H18FNO. The fourth-order valence-corrected chi connectivity index (χ4v) is 2.16. The number of nitrogens with one attached hydrogen (secondary N) is 1. The van der Waals surface area contributed by atoms with Crippen LogP contribution in [0.5, 0.6) is 0 Å². The number of benzene rings is 2. The zero-order chi connectivity index (χ0) is 14.7. The summed E-state index contributed by atoms with van der Waals surface area (Å²) in [5.74, 6) is -0.398. The minimum Gasteiger partial charge on any atom is -0.321 e. The summed E-state index contributed by atoms with van der Waals surface area (Å²) >= 11 is 0. The fraction of sp³-hybridized carbons (Fsp3) is 0.235. The molecule has 2 aromatic rings. The Morgan fingerprint density at radius 3 is 2.50 bits per heavy atom. The Morgan fingerprint density at radius 2 is 1.85 bits per heavy atom. The van der Waals surface area contributed by atoms with Crippen molar-refractivity contribution >= 4 is 11.6 Å². The minimum absolute atomic E-state index is 0.291. The first-order valence-electron chi connectivity index (χ1n) is 6.65. The van der Waals surface area contributed by atoms with Crippen LogP contribution < -0.4 is 5.32 Å². The van der Waals surface area contributed by atoms with Crippen molar-refractivity contribution in [1.29, 1.82) is 0 Å². The maximum absolute atomic E-state index is 13.2. The van der Waals surface area contributed by atoms with Crippen LogP contribution in [-0.4, -0.2) is 5.91 Å². The van der Waals surface area contributed by atoms with Crippen molar-refractivity contribution in [2.75, 3.05) is 5.32 Å². The van der Waals surface area contributed by atoms with E-state index in [1.165, 1.54) is 18.2 Å². The number of anilines is 1. The SMILES string of the molecule is Cc1cccc(C(C)C)c1NC(=O)c1cccc(F)c1. The molecule has 0 saturated carbocycles. The van der Waals surface area contributed by atoms with Gasteiger partial charge in [-0.05, 0) is 42.2 Å². The first kappa shape index (κ1) is 14.3. The average molecular weight is 271 g/mol. The molecule has 0 heterocycles. The normalized spacial score (nSPS) is 10.7. The lowest BCUT2D eigenvalue weighted by atomic mass is 9.98. The summed E-state index contributed by atoms with van der Waals surface area (Å²) in [7, 11) is 0. The predicted molar refractivity (Wildman–Crippen MR) is 79.6 cm³/mol. The maximum atomic E-state index is 13.2. The predicted octanol–water partition coefficient (Wildman–Crippen LogP) is 4.51. The van der Waals surface area contributed by atoms with Gasteiger partial charge in [0.15, 0.2) is 0 Å². The van der Waals surface area contributed by atoms with E-state index in [0.29, 0.717) is 11.5 Å². The molecule has 0 atom stereocenters. The molecule has 0 aromatic heterocycles. The zero-order valence-electron chi connectivity index (χ0n) is 11.9. The minimum atomic E-state index is -0.411. The Morgan fingerprint density at radius 1 is 1.15 bits per heavy atom. The summed E-state index contributed by atoms with van der Waals surface area (Å²) in [5, 5.41) is 2.90. The number of hydrogen-bond donors (Lipinski definition) is 1. The quantitative estimate of drug-likeness (QED) is 0.874. The van der Waals surface area contributed by atoms with E-state index in [9.17, 15) is 9.18 Å². The fourth-order valence-electron chi connectivity index (χ4n) is 2.16. The second-order valence-corrected chi connectivity index (χ2v) is 5.16. The van der Waals surface area contributed by atoms with Crippen molar-refractivity contribution in [1.82, 2.24) is 0 Å². The van der Waals surface area contributed by atoms with Gasteiger partial charge in [-0.15, -0.1) is 0 Å². The zero-order valence-corrected chi connectivity index (χ0v) is 11.9. The van der Waals surface area contributed by atoms with Gasteiger partial charge in [-0.1, -0.05) is 38.1 Å². The van der Waals surface area contributed by atoms with Crippen molar-refractivity contribution in [3.63, 3.8) is 0 Å². The Kier molecular flexibility index (Phi) is 4.18. The molecule has 1 N–H and O–H groups in total. The van der Waals surface area contributed by atoms with Gasteiger partial charge in [0.25, 0.3) is 5.91 Å². The van der Waals surface area contributed by atoms with Crippen LogP contribution in [0, 0.1) is 12.7 Å². The molecule has 1 amide bonds. The third-order valence-electron chi connectivity index (χ3n) is 3.25. The molecular weight excluding hydrogens is 253 g/mol. The standard InChI is InChI=1S/C17H18FNO/c1-11(2)15-9-4-6-12(3)16(15)19-17(20)13-7-5-8-14(18)10-13/h4-11H,1-3H3,(H,19,20). The van der Waals surface area contributed by atoms with Crippen LogP contribution in [0.15, 0.2) is 42.5 Å². The van der Waals surface area contributed by atoms with Crippen molar-refractivity contribution in [2.45, 2.75) is 26.7 Å². The molecule has 0 aliphatic rings. The van der Waals surface area contributed by atoms with Crippen LogP contribution >= 0.6 is 0 Å². The average Bonchev–Trinajstić information content (AvgIpc) is 2.40. The molecule has 2 rings (SSSR count). The molecule has 0 bridgehead atoms. The molecule has 0 aliphatic heterocycles. The Bertz CT molecular complexity index is 635. The molecule has 2 aromatic carbocycles. The van der Waals surface area contributed by atoms with E-state index in [2.05, 4.69) is 19.2 Å². The van der Waals surface area contributed by atoms with Crippen LogP contribution in [-0.2, 0) is 0 Å². The van der Waals surface area contributed by atoms with E-state index >= 15 is 0 Å². The number of aryl methyl sites for hydroxylation is 1. The lowest BCUT2D eigenvalue weighted by Crippen LogP contribution is -2.15. The van der Waals surface area contributed by atoms with Crippen LogP contribution in [0.25, 0.3) is 0 Å². The van der Waals surface area contributed by atoms with Gasteiger partial charge in [0.05, 0.1) is 0 Å². The Hall–Kier alpha value is -2.16. The number of carbonyl (C=O) groups excluding carboxylic acids is 1. The van der Waals surface area contributed by atoms with E-state index in [0.717, 1.165) is 16.8 Å². The molecule has 2 nitrogen and oxygen atoms in total. The van der Waals surface area contributed by atoms with Crippen molar-refractivity contribution in [3.05, 3.63) is 65.0 Å². The van der Waals surface area contributed by atoms with Crippen molar-refractivity contribution in [2.24, 2.45) is 0 Å². The van der Waals surface area contributed by atoms with Crippen LogP contribution in [0.4, 0.5) is 10.1 Å². The summed E-state index contributed by atoms with van der Waals surface area (Å²) in [5.41, 5.74) is 3.22. The van der Waals surface area contributed by atoms with Crippen LogP contribution in [0.1, 0.15) is 41.3 Å². The van der Waals surface area contributed by atoms with Crippen LogP contribution in [0.3, 0.4) is 0 Å². The third kappa shape index (κ3) is 3.05. The topological polar surface area (TPSA) is 29.1 Å². The highest BCUT2D eigenvalue weighted by Gasteiger charge is 2.13. The Labute approximate surface area is 118 Å². The second-order valence-electron chi connectivity index (χ2n) is 5.16. The van der Waals surface area contributed by atoms with Gasteiger partial charge in [-0.2, -0.15) is 0 Å². The van der Waals surface area contributed by atoms with Gasteiger partial charge < -0.3 is 5.32 Å². The van der Waals surface area contributed by atoms with E-state index in [1.54, 1.807) is 6.07 Å². The summed E-state index contributed by atoms with van der Waals surface area (Å²) in [6.45, 7) is 6.10. The smallest absolute Gasteiger partial charge is 0.255 e. The molecule has 0 unspecified atom stereocenters. The number of halogens is 1. The molecule has 0 radical (unpaired) electrons. The van der Waals surface area contributed by atoms with Gasteiger partial charge in [-0.25, -0.2) is 4.39 Å². The van der Waals surface area contributed by atoms with Gasteiger partial charge in [0.2, 0.25) is 0 Å². The lowest BCUT2D eigenvalue weighted by molar-refractivity contribution is 0.102. The van der Waals surface area contributed by atoms with Gasteiger partial charge in [0.1, 0.15) is 5.82 Å². The van der Waals surface area contributed by atoms with E-state index in [1.807, 2.05) is 25.1 Å². The maximum Gasteiger partial charge on any atom is 0.255 e. The first-order valence-corrected chi connectivity index (χ1v) is 6.65. The molecule has 3 heteroatoms. The highest BCUT2D eigenvalue weighted by Crippen LogP contribution is 2.27. The van der Waals surface area contributed by atoms with E-state index < -0.39 is 5.82 Å². The lowest BCUT2D eigenvalue weighted by Gasteiger charge is -2.16. The monoisotopic (exact) mass is 271 g/mol. The number of para-hydroxylation sites is 1. The van der Waals surface area contributed by atoms with E-state index in [4.69, 9.17) is 0 Å². The highest BCUT2D eigenvalue weighted by atomic mass is 19.1. The molecule has 20 heavy (non-hydrogen) atoms. The summed E-state index contributed by atoms with van der Waals surface area (Å²) in [4.78, 5) is 12.2. The number of amides is 1.